The van der Waals surface area contributed by atoms with Gasteiger partial charge in [-0.2, -0.15) is 0 Å². The number of fused-ring (bicyclic) bond motifs is 1. The van der Waals surface area contributed by atoms with Crippen LogP contribution in [0, 0.1) is 0 Å². The normalized spacial score (nSPS) is 27.3. The Labute approximate surface area is 81.5 Å². The van der Waals surface area contributed by atoms with E-state index in [0.29, 0.717) is 17.4 Å². The number of nitrogens with two attached hydrogens (primary N) is 1. The van der Waals surface area contributed by atoms with Gasteiger partial charge in [0.05, 0.1) is 0 Å². The minimum atomic E-state index is -0.999. The molecule has 0 radical (unpaired) electrons. The lowest BCUT2D eigenvalue weighted by molar-refractivity contribution is 0.00611. The predicted molar refractivity (Wildman–Crippen MR) is 49.6 cm³/mol. The van der Waals surface area contributed by atoms with Crippen molar-refractivity contribution in [2.75, 3.05) is 6.54 Å². The summed E-state index contributed by atoms with van der Waals surface area (Å²) in [7, 11) is 0. The Morgan fingerprint density at radius 3 is 3.15 bits per heavy atom. The zero-order valence-corrected chi connectivity index (χ0v) is 7.97. The highest BCUT2D eigenvalue weighted by Gasteiger charge is 2.36. The number of rotatable bonds is 1. The number of aryl methyl sites for hydroxylation is 1. The summed E-state index contributed by atoms with van der Waals surface area (Å²) in [6, 6.07) is 1.76. The monoisotopic (exact) mass is 201 g/mol. The Morgan fingerprint density at radius 1 is 1.69 bits per heavy atom. The summed E-state index contributed by atoms with van der Waals surface area (Å²) in [4.78, 5) is 0. The Hall–Kier alpha value is -0.510. The molecule has 0 spiro atoms. The highest BCUT2D eigenvalue weighted by molar-refractivity contribution is 6.28. The van der Waals surface area contributed by atoms with Crippen molar-refractivity contribution in [3.8, 4) is 0 Å². The third-order valence-corrected chi connectivity index (χ3v) is 2.76. The summed E-state index contributed by atoms with van der Waals surface area (Å²) < 4.78 is 5.25. The number of furan rings is 1. The number of hydrogen-bond donors (Lipinski definition) is 2. The van der Waals surface area contributed by atoms with E-state index >= 15 is 0 Å². The maximum absolute atomic E-state index is 10.1. The molecule has 2 rings (SSSR count). The van der Waals surface area contributed by atoms with Crippen LogP contribution >= 0.6 is 11.6 Å². The van der Waals surface area contributed by atoms with Gasteiger partial charge in [-0.05, 0) is 42.5 Å². The zero-order valence-electron chi connectivity index (χ0n) is 7.22. The molecule has 1 aliphatic carbocycles. The van der Waals surface area contributed by atoms with Gasteiger partial charge in [-0.15, -0.1) is 0 Å². The van der Waals surface area contributed by atoms with Gasteiger partial charge in [-0.25, -0.2) is 0 Å². The van der Waals surface area contributed by atoms with Crippen molar-refractivity contribution < 1.29 is 9.52 Å². The van der Waals surface area contributed by atoms with Crippen molar-refractivity contribution in [3.63, 3.8) is 0 Å². The molecular formula is C9H12ClNO2. The third-order valence-electron chi connectivity index (χ3n) is 2.58. The molecule has 3 nitrogen and oxygen atoms in total. The van der Waals surface area contributed by atoms with Crippen LogP contribution in [0.2, 0.25) is 5.22 Å². The minimum Gasteiger partial charge on any atom is -0.446 e. The molecule has 0 saturated carbocycles. The fraction of sp³-hybridized carbons (Fsp3) is 0.556. The van der Waals surface area contributed by atoms with Gasteiger partial charge < -0.3 is 15.3 Å². The van der Waals surface area contributed by atoms with Crippen LogP contribution in [0.5, 0.6) is 0 Å². The molecule has 3 N–H and O–H groups in total. The summed E-state index contributed by atoms with van der Waals surface area (Å²) in [6.45, 7) is 0.184. The Balaban J connectivity index is 2.47. The summed E-state index contributed by atoms with van der Waals surface area (Å²) in [5.41, 5.74) is 5.50. The molecule has 0 fully saturated rings. The summed E-state index contributed by atoms with van der Waals surface area (Å²) >= 11 is 5.72. The van der Waals surface area contributed by atoms with Gasteiger partial charge in [-0.1, -0.05) is 0 Å². The van der Waals surface area contributed by atoms with Crippen LogP contribution in [0.15, 0.2) is 10.5 Å². The van der Waals surface area contributed by atoms with Crippen LogP contribution in [0.4, 0.5) is 0 Å². The molecule has 0 aliphatic heterocycles. The van der Waals surface area contributed by atoms with E-state index in [2.05, 4.69) is 0 Å². The standard InChI is InChI=1S/C9H12ClNO2/c10-7-4-6-2-1-3-9(12,5-11)8(6)13-7/h4,12H,1-3,5,11H2. The maximum atomic E-state index is 10.1. The van der Waals surface area contributed by atoms with E-state index in [1.165, 1.54) is 0 Å². The fourth-order valence-corrected chi connectivity index (χ4v) is 2.06. The molecule has 0 aromatic carbocycles. The molecule has 1 unspecified atom stereocenters. The summed E-state index contributed by atoms with van der Waals surface area (Å²) in [5, 5.41) is 10.4. The average Bonchev–Trinajstić information content (AvgIpc) is 2.48. The fourth-order valence-electron chi connectivity index (χ4n) is 1.85. The lowest BCUT2D eigenvalue weighted by Crippen LogP contribution is -2.37. The molecule has 1 aromatic rings. The maximum Gasteiger partial charge on any atom is 0.193 e. The minimum absolute atomic E-state index is 0.184. The molecule has 72 valence electrons. The lowest BCUT2D eigenvalue weighted by Gasteiger charge is -2.29. The van der Waals surface area contributed by atoms with Gasteiger partial charge in [0.25, 0.3) is 0 Å². The molecule has 1 heterocycles. The van der Waals surface area contributed by atoms with Gasteiger partial charge in [0.2, 0.25) is 0 Å². The average molecular weight is 202 g/mol. The summed E-state index contributed by atoms with van der Waals surface area (Å²) in [5.74, 6) is 0.561. The van der Waals surface area contributed by atoms with Crippen LogP contribution < -0.4 is 5.73 Å². The van der Waals surface area contributed by atoms with E-state index in [-0.39, 0.29) is 6.54 Å². The van der Waals surface area contributed by atoms with Gasteiger partial charge in [-0.3, -0.25) is 0 Å². The molecule has 0 amide bonds. The van der Waals surface area contributed by atoms with Crippen LogP contribution in [0.25, 0.3) is 0 Å². The quantitative estimate of drug-likeness (QED) is 0.723. The van der Waals surface area contributed by atoms with E-state index in [1.807, 2.05) is 0 Å². The lowest BCUT2D eigenvalue weighted by atomic mass is 9.85. The van der Waals surface area contributed by atoms with E-state index in [0.717, 1.165) is 18.4 Å². The van der Waals surface area contributed by atoms with Crippen molar-refractivity contribution in [1.82, 2.24) is 0 Å². The first kappa shape index (κ1) is 9.06. The first-order chi connectivity index (χ1) is 6.15. The van der Waals surface area contributed by atoms with E-state index in [4.69, 9.17) is 21.8 Å². The molecule has 1 atom stereocenters. The molecule has 0 saturated heterocycles. The SMILES string of the molecule is NCC1(O)CCCc2cc(Cl)oc21. The number of halogens is 1. The molecule has 0 bridgehead atoms. The van der Waals surface area contributed by atoms with Crippen LogP contribution in [0.3, 0.4) is 0 Å². The van der Waals surface area contributed by atoms with E-state index in [9.17, 15) is 5.11 Å². The Bertz CT molecular complexity index is 323. The second-order valence-electron chi connectivity index (χ2n) is 3.49. The van der Waals surface area contributed by atoms with Crippen LogP contribution in [-0.2, 0) is 12.0 Å². The zero-order chi connectivity index (χ0) is 9.47. The summed E-state index contributed by atoms with van der Waals surface area (Å²) in [6.07, 6.45) is 2.49. The third kappa shape index (κ3) is 1.37. The Kier molecular flexibility index (Phi) is 2.10. The number of hydrogen-bond acceptors (Lipinski definition) is 3. The van der Waals surface area contributed by atoms with E-state index < -0.39 is 5.60 Å². The molecule has 4 heteroatoms. The van der Waals surface area contributed by atoms with E-state index in [1.54, 1.807) is 6.07 Å². The highest BCUT2D eigenvalue weighted by atomic mass is 35.5. The molecule has 13 heavy (non-hydrogen) atoms. The van der Waals surface area contributed by atoms with Gasteiger partial charge in [0.15, 0.2) is 5.22 Å². The second-order valence-corrected chi connectivity index (χ2v) is 3.87. The molecular weight excluding hydrogens is 190 g/mol. The van der Waals surface area contributed by atoms with Crippen molar-refractivity contribution in [2.24, 2.45) is 5.73 Å². The molecule has 1 aromatic heterocycles. The second kappa shape index (κ2) is 3.01. The Morgan fingerprint density at radius 2 is 2.46 bits per heavy atom. The smallest absolute Gasteiger partial charge is 0.193 e. The first-order valence-corrected chi connectivity index (χ1v) is 4.75. The number of aliphatic hydroxyl groups is 1. The van der Waals surface area contributed by atoms with Crippen molar-refractivity contribution in [1.29, 1.82) is 0 Å². The highest BCUT2D eigenvalue weighted by Crippen LogP contribution is 2.37. The topological polar surface area (TPSA) is 59.4 Å². The van der Waals surface area contributed by atoms with Crippen LogP contribution in [0.1, 0.15) is 24.2 Å². The molecule has 1 aliphatic rings. The van der Waals surface area contributed by atoms with Gasteiger partial charge >= 0.3 is 0 Å². The van der Waals surface area contributed by atoms with Gasteiger partial charge in [0.1, 0.15) is 11.4 Å². The predicted octanol–water partition coefficient (Wildman–Crippen LogP) is 1.42. The van der Waals surface area contributed by atoms with Crippen molar-refractivity contribution in [3.05, 3.63) is 22.6 Å². The van der Waals surface area contributed by atoms with Gasteiger partial charge in [0, 0.05) is 6.54 Å². The van der Waals surface area contributed by atoms with Crippen LogP contribution in [-0.4, -0.2) is 11.7 Å². The van der Waals surface area contributed by atoms with Crippen molar-refractivity contribution in [2.45, 2.75) is 24.9 Å². The first-order valence-electron chi connectivity index (χ1n) is 4.37. The largest absolute Gasteiger partial charge is 0.446 e. The van der Waals surface area contributed by atoms with Crippen molar-refractivity contribution >= 4 is 11.6 Å².